The predicted molar refractivity (Wildman–Crippen MR) is 137 cm³/mol. The minimum Gasteiger partial charge on any atom is -0.244 e. The van der Waals surface area contributed by atoms with Crippen molar-refractivity contribution in [3.63, 3.8) is 0 Å². The SMILES string of the molecule is CCc1nc(-c2cccc(F)c2)c(-c2ccnc(N=S(=O)(c3ccccc3)C3CCCC3)c2)s1. The Hall–Kier alpha value is -2.90. The Bertz CT molecular complexity index is 1420. The van der Waals surface area contributed by atoms with Crippen LogP contribution in [0.2, 0.25) is 0 Å². The van der Waals surface area contributed by atoms with Crippen molar-refractivity contribution >= 4 is 26.9 Å². The van der Waals surface area contributed by atoms with Gasteiger partial charge in [-0.15, -0.1) is 11.3 Å². The summed E-state index contributed by atoms with van der Waals surface area (Å²) >= 11 is 1.59. The molecule has 0 radical (unpaired) electrons. The van der Waals surface area contributed by atoms with Crippen LogP contribution in [-0.2, 0) is 16.1 Å². The zero-order valence-corrected chi connectivity index (χ0v) is 20.6. The van der Waals surface area contributed by atoms with Gasteiger partial charge in [0.25, 0.3) is 0 Å². The van der Waals surface area contributed by atoms with Crippen LogP contribution < -0.4 is 0 Å². The van der Waals surface area contributed by atoms with Crippen molar-refractivity contribution in [2.75, 3.05) is 0 Å². The molecule has 0 spiro atoms. The zero-order chi connectivity index (χ0) is 23.5. The molecule has 0 amide bonds. The number of nitrogens with zero attached hydrogens (tertiary/aromatic N) is 3. The summed E-state index contributed by atoms with van der Waals surface area (Å²) in [6, 6.07) is 19.9. The summed E-state index contributed by atoms with van der Waals surface area (Å²) in [7, 11) is -2.66. The van der Waals surface area contributed by atoms with Crippen LogP contribution in [0.3, 0.4) is 0 Å². The second-order valence-electron chi connectivity index (χ2n) is 8.43. The van der Waals surface area contributed by atoms with Crippen LogP contribution in [0.15, 0.2) is 82.2 Å². The standard InChI is InChI=1S/C27H26FN3OS2/c1-2-25-30-26(19-9-8-10-21(28)17-19)27(33-25)20-15-16-29-24(18-20)31-34(32,23-13-6-7-14-23)22-11-4-3-5-12-22/h3-5,8-12,15-18,23H,2,6-7,13-14H2,1H3. The van der Waals surface area contributed by atoms with Crippen molar-refractivity contribution in [1.29, 1.82) is 0 Å². The van der Waals surface area contributed by atoms with Gasteiger partial charge >= 0.3 is 0 Å². The first-order valence-corrected chi connectivity index (χ1v) is 14.0. The minimum atomic E-state index is -2.66. The van der Waals surface area contributed by atoms with Gasteiger partial charge in [-0.1, -0.05) is 50.1 Å². The number of rotatable bonds is 6. The van der Waals surface area contributed by atoms with Gasteiger partial charge in [0.15, 0.2) is 5.82 Å². The Balaban J connectivity index is 1.63. The van der Waals surface area contributed by atoms with Crippen LogP contribution in [0.1, 0.15) is 37.6 Å². The predicted octanol–water partition coefficient (Wildman–Crippen LogP) is 7.67. The molecule has 1 aliphatic carbocycles. The highest BCUT2D eigenvalue weighted by Crippen LogP contribution is 2.39. The molecule has 0 saturated heterocycles. The van der Waals surface area contributed by atoms with Crippen LogP contribution >= 0.6 is 11.3 Å². The van der Waals surface area contributed by atoms with Crippen molar-refractivity contribution in [3.05, 3.63) is 83.8 Å². The van der Waals surface area contributed by atoms with E-state index in [-0.39, 0.29) is 11.1 Å². The number of hydrogen-bond donors (Lipinski definition) is 0. The topological polar surface area (TPSA) is 55.2 Å². The third-order valence-electron chi connectivity index (χ3n) is 6.14. The summed E-state index contributed by atoms with van der Waals surface area (Å²) < 4.78 is 33.1. The highest BCUT2D eigenvalue weighted by Gasteiger charge is 2.29. The van der Waals surface area contributed by atoms with Gasteiger partial charge in [0.2, 0.25) is 0 Å². The number of hydrogen-bond acceptors (Lipinski definition) is 5. The summed E-state index contributed by atoms with van der Waals surface area (Å²) in [4.78, 5) is 10.9. The molecule has 2 aromatic carbocycles. The second-order valence-corrected chi connectivity index (χ2v) is 12.0. The lowest BCUT2D eigenvalue weighted by molar-refractivity contribution is 0.628. The Morgan fingerprint density at radius 3 is 2.56 bits per heavy atom. The summed E-state index contributed by atoms with van der Waals surface area (Å²) in [5.74, 6) is 0.161. The molecule has 174 valence electrons. The smallest absolute Gasteiger partial charge is 0.162 e. The maximum absolute atomic E-state index is 14.3. The number of aromatic nitrogens is 2. The summed E-state index contributed by atoms with van der Waals surface area (Å²) in [6.07, 6.45) is 6.47. The molecule has 0 N–H and O–H groups in total. The summed E-state index contributed by atoms with van der Waals surface area (Å²) in [5, 5.41) is 1.00. The fourth-order valence-corrected chi connectivity index (χ4v) is 7.99. The van der Waals surface area contributed by atoms with Gasteiger partial charge in [0.05, 0.1) is 25.3 Å². The van der Waals surface area contributed by atoms with E-state index in [1.165, 1.54) is 12.1 Å². The van der Waals surface area contributed by atoms with Gasteiger partial charge in [0, 0.05) is 21.9 Å². The van der Waals surface area contributed by atoms with Crippen LogP contribution in [-0.4, -0.2) is 19.4 Å². The van der Waals surface area contributed by atoms with E-state index >= 15 is 0 Å². The molecule has 1 aliphatic rings. The van der Waals surface area contributed by atoms with E-state index in [9.17, 15) is 8.60 Å². The van der Waals surface area contributed by atoms with Gasteiger partial charge in [-0.3, -0.25) is 0 Å². The Morgan fingerprint density at radius 2 is 1.82 bits per heavy atom. The Kier molecular flexibility index (Phi) is 6.57. The van der Waals surface area contributed by atoms with Crippen LogP contribution in [0.5, 0.6) is 0 Å². The molecule has 1 fully saturated rings. The van der Waals surface area contributed by atoms with Crippen LogP contribution in [0, 0.1) is 5.82 Å². The first kappa shape index (κ1) is 22.9. The van der Waals surface area contributed by atoms with E-state index < -0.39 is 9.73 Å². The van der Waals surface area contributed by atoms with Gasteiger partial charge in [-0.05, 0) is 61.2 Å². The van der Waals surface area contributed by atoms with Gasteiger partial charge < -0.3 is 0 Å². The van der Waals surface area contributed by atoms with Gasteiger partial charge in [-0.25, -0.2) is 18.6 Å². The highest BCUT2D eigenvalue weighted by atomic mass is 32.2. The van der Waals surface area contributed by atoms with E-state index in [2.05, 4.69) is 11.9 Å². The zero-order valence-electron chi connectivity index (χ0n) is 19.0. The minimum absolute atomic E-state index is 0.0262. The molecule has 4 nitrogen and oxygen atoms in total. The highest BCUT2D eigenvalue weighted by molar-refractivity contribution is 7.94. The second kappa shape index (κ2) is 9.76. The molecule has 4 aromatic rings. The Labute approximate surface area is 204 Å². The fourth-order valence-electron chi connectivity index (χ4n) is 4.43. The van der Waals surface area contributed by atoms with Crippen molar-refractivity contribution in [2.45, 2.75) is 49.2 Å². The van der Waals surface area contributed by atoms with Gasteiger partial charge in [0.1, 0.15) is 5.82 Å². The third-order valence-corrected chi connectivity index (χ3v) is 10.2. The largest absolute Gasteiger partial charge is 0.244 e. The molecule has 2 aromatic heterocycles. The van der Waals surface area contributed by atoms with Crippen molar-refractivity contribution in [1.82, 2.24) is 9.97 Å². The maximum atomic E-state index is 14.3. The molecular formula is C27H26FN3OS2. The average molecular weight is 492 g/mol. The van der Waals surface area contributed by atoms with E-state index in [0.717, 1.165) is 63.7 Å². The van der Waals surface area contributed by atoms with Crippen LogP contribution in [0.4, 0.5) is 10.2 Å². The maximum Gasteiger partial charge on any atom is 0.162 e. The Morgan fingerprint density at radius 1 is 1.03 bits per heavy atom. The molecule has 1 atom stereocenters. The lowest BCUT2D eigenvalue weighted by Gasteiger charge is -2.17. The van der Waals surface area contributed by atoms with Gasteiger partial charge in [-0.2, -0.15) is 4.36 Å². The molecule has 5 rings (SSSR count). The van der Waals surface area contributed by atoms with E-state index in [4.69, 9.17) is 9.35 Å². The van der Waals surface area contributed by atoms with Crippen molar-refractivity contribution in [3.8, 4) is 21.7 Å². The molecule has 0 aliphatic heterocycles. The number of benzene rings is 2. The summed E-state index contributed by atoms with van der Waals surface area (Å²) in [6.45, 7) is 2.06. The van der Waals surface area contributed by atoms with Crippen molar-refractivity contribution < 1.29 is 8.60 Å². The molecule has 34 heavy (non-hydrogen) atoms. The molecule has 2 heterocycles. The monoisotopic (exact) mass is 491 g/mol. The quantitative estimate of drug-likeness (QED) is 0.278. The lowest BCUT2D eigenvalue weighted by Crippen LogP contribution is -2.17. The number of aryl methyl sites for hydroxylation is 1. The molecule has 0 bridgehead atoms. The first-order chi connectivity index (χ1) is 16.6. The van der Waals surface area contributed by atoms with E-state index in [1.54, 1.807) is 23.6 Å². The van der Waals surface area contributed by atoms with Crippen molar-refractivity contribution in [2.24, 2.45) is 4.36 Å². The van der Waals surface area contributed by atoms with E-state index in [1.807, 2.05) is 48.5 Å². The third kappa shape index (κ3) is 4.55. The number of thiazole rings is 1. The average Bonchev–Trinajstić information content (AvgIpc) is 3.56. The number of pyridine rings is 1. The molecule has 1 unspecified atom stereocenters. The lowest BCUT2D eigenvalue weighted by atomic mass is 10.1. The number of halogens is 1. The summed E-state index contributed by atoms with van der Waals surface area (Å²) in [5.41, 5.74) is 2.38. The van der Waals surface area contributed by atoms with Crippen LogP contribution in [0.25, 0.3) is 21.7 Å². The fraction of sp³-hybridized carbons (Fsp3) is 0.259. The van der Waals surface area contributed by atoms with E-state index in [0.29, 0.717) is 5.82 Å². The normalized spacial score (nSPS) is 15.8. The molecule has 1 saturated carbocycles. The first-order valence-electron chi connectivity index (χ1n) is 11.6. The molecule has 7 heteroatoms. The molecular weight excluding hydrogens is 465 g/mol.